The number of methoxy groups -OCH3 is 1. The maximum atomic E-state index is 13.5. The summed E-state index contributed by atoms with van der Waals surface area (Å²) in [5, 5.41) is 0.0471. The van der Waals surface area contributed by atoms with Crippen molar-refractivity contribution in [3.8, 4) is 0 Å². The Labute approximate surface area is 196 Å². The fraction of sp³-hybridized carbons (Fsp3) is 0.704. The van der Waals surface area contributed by atoms with Crippen molar-refractivity contribution in [3.05, 3.63) is 34.1 Å². The molecule has 0 saturated heterocycles. The third-order valence-electron chi connectivity index (χ3n) is 7.60. The van der Waals surface area contributed by atoms with E-state index in [4.69, 9.17) is 9.16 Å². The molecule has 2 aliphatic rings. The minimum atomic E-state index is -2.12. The summed E-state index contributed by atoms with van der Waals surface area (Å²) in [6.07, 6.45) is 5.06. The smallest absolute Gasteiger partial charge is 0.221 e. The van der Waals surface area contributed by atoms with Gasteiger partial charge >= 0.3 is 0 Å². The molecule has 0 radical (unpaired) electrons. The van der Waals surface area contributed by atoms with Crippen LogP contribution in [0.5, 0.6) is 0 Å². The summed E-state index contributed by atoms with van der Waals surface area (Å²) in [6, 6.07) is 0. The Balaban J connectivity index is 2.55. The Morgan fingerprint density at radius 1 is 1.16 bits per heavy atom. The molecular formula is C27H44O4Si. The van der Waals surface area contributed by atoms with E-state index in [2.05, 4.69) is 54.6 Å². The summed E-state index contributed by atoms with van der Waals surface area (Å²) in [5.41, 5.74) is 3.73. The van der Waals surface area contributed by atoms with Crippen LogP contribution in [0.1, 0.15) is 81.1 Å². The number of hydrogen-bond donors (Lipinski definition) is 0. The van der Waals surface area contributed by atoms with Crippen LogP contribution < -0.4 is 0 Å². The Bertz CT molecular complexity index is 863. The normalized spacial score (nSPS) is 21.3. The van der Waals surface area contributed by atoms with E-state index in [1.807, 2.05) is 13.8 Å². The van der Waals surface area contributed by atoms with Gasteiger partial charge in [-0.05, 0) is 67.3 Å². The van der Waals surface area contributed by atoms with Crippen molar-refractivity contribution >= 4 is 19.9 Å². The Hall–Kier alpha value is -1.46. The predicted octanol–water partition coefficient (Wildman–Crippen LogP) is 6.93. The van der Waals surface area contributed by atoms with Crippen LogP contribution in [0, 0.1) is 11.3 Å². The first kappa shape index (κ1) is 26.8. The average molecular weight is 461 g/mol. The Morgan fingerprint density at radius 3 is 2.22 bits per heavy atom. The van der Waals surface area contributed by atoms with Gasteiger partial charge in [0.2, 0.25) is 5.78 Å². The highest BCUT2D eigenvalue weighted by Gasteiger charge is 2.44. The molecule has 0 aromatic heterocycles. The lowest BCUT2D eigenvalue weighted by atomic mass is 9.69. The molecular weight excluding hydrogens is 416 g/mol. The van der Waals surface area contributed by atoms with Crippen LogP contribution in [0.25, 0.3) is 0 Å². The van der Waals surface area contributed by atoms with E-state index in [0.717, 1.165) is 12.8 Å². The molecule has 2 aliphatic carbocycles. The summed E-state index contributed by atoms with van der Waals surface area (Å²) in [6.45, 7) is 21.9. The van der Waals surface area contributed by atoms with Crippen molar-refractivity contribution in [3.63, 3.8) is 0 Å². The van der Waals surface area contributed by atoms with Crippen LogP contribution in [-0.4, -0.2) is 33.1 Å². The largest absolute Gasteiger partial charge is 0.492 e. The van der Waals surface area contributed by atoms with Gasteiger partial charge in [0.25, 0.3) is 0 Å². The van der Waals surface area contributed by atoms with Crippen LogP contribution in [-0.2, 0) is 18.8 Å². The molecule has 0 heterocycles. The second-order valence-electron chi connectivity index (χ2n) is 12.0. The van der Waals surface area contributed by atoms with E-state index in [1.54, 1.807) is 0 Å². The van der Waals surface area contributed by atoms with Gasteiger partial charge in [-0.2, -0.15) is 0 Å². The van der Waals surface area contributed by atoms with Gasteiger partial charge in [-0.25, -0.2) is 0 Å². The van der Waals surface area contributed by atoms with Gasteiger partial charge in [-0.3, -0.25) is 9.59 Å². The molecule has 1 atom stereocenters. The maximum absolute atomic E-state index is 13.5. The van der Waals surface area contributed by atoms with Gasteiger partial charge in [0, 0.05) is 17.6 Å². The Kier molecular flexibility index (Phi) is 7.88. The van der Waals surface area contributed by atoms with Gasteiger partial charge in [0.15, 0.2) is 19.9 Å². The third-order valence-corrected chi connectivity index (χ3v) is 12.1. The summed E-state index contributed by atoms with van der Waals surface area (Å²) in [4.78, 5) is 26.3. The molecule has 0 N–H and O–H groups in total. The van der Waals surface area contributed by atoms with Crippen LogP contribution in [0.3, 0.4) is 0 Å². The third kappa shape index (κ3) is 5.36. The molecule has 0 fully saturated rings. The second-order valence-corrected chi connectivity index (χ2v) is 16.7. The SMILES string of the molecule is COC1=C(C(C)C)C(=O)C(CC(O[Si](C)(C)C(C)(C)C)C2=C(C)CCCC2(C)C)=CC1=O. The molecule has 0 bridgehead atoms. The van der Waals surface area contributed by atoms with Gasteiger partial charge in [-0.1, -0.05) is 54.0 Å². The molecule has 5 heteroatoms. The monoisotopic (exact) mass is 460 g/mol. The molecule has 0 aromatic rings. The standard InChI is InChI=1S/C27H44O4Si/c1-17(2)22-24(29)19(15-20(28)25(22)30-9)16-21(31-32(10,11)26(4,5)6)23-18(3)13-12-14-27(23,7)8/h15,17,21H,12-14,16H2,1-11H3. The van der Waals surface area contributed by atoms with E-state index in [1.165, 1.54) is 30.8 Å². The summed E-state index contributed by atoms with van der Waals surface area (Å²) in [5.74, 6) is -0.196. The van der Waals surface area contributed by atoms with E-state index in [9.17, 15) is 9.59 Å². The van der Waals surface area contributed by atoms with Crippen molar-refractivity contribution < 1.29 is 18.8 Å². The van der Waals surface area contributed by atoms with E-state index in [0.29, 0.717) is 17.6 Å². The lowest BCUT2D eigenvalue weighted by Crippen LogP contribution is -2.46. The molecule has 0 spiro atoms. The fourth-order valence-electron chi connectivity index (χ4n) is 4.87. The van der Waals surface area contributed by atoms with Crippen LogP contribution in [0.15, 0.2) is 34.1 Å². The fourth-order valence-corrected chi connectivity index (χ4v) is 6.14. The first-order valence-corrected chi connectivity index (χ1v) is 14.9. The quantitative estimate of drug-likeness (QED) is 0.235. The molecule has 32 heavy (non-hydrogen) atoms. The number of Topliss-reactive ketones (excluding diaryl/α,β-unsaturated/α-hetero) is 1. The highest BCUT2D eigenvalue weighted by Crippen LogP contribution is 2.47. The van der Waals surface area contributed by atoms with E-state index >= 15 is 0 Å². The van der Waals surface area contributed by atoms with Gasteiger partial charge in [0.1, 0.15) is 0 Å². The molecule has 180 valence electrons. The zero-order chi connectivity index (χ0) is 24.6. The lowest BCUT2D eigenvalue weighted by Gasteiger charge is -2.45. The minimum absolute atomic E-state index is 0.00601. The topological polar surface area (TPSA) is 52.6 Å². The summed E-state index contributed by atoms with van der Waals surface area (Å²) < 4.78 is 12.3. The number of carbonyl (C=O) groups excluding carboxylic acids is 2. The van der Waals surface area contributed by atoms with Crippen molar-refractivity contribution in [1.29, 1.82) is 0 Å². The number of allylic oxidation sites excluding steroid dienone is 3. The summed E-state index contributed by atoms with van der Waals surface area (Å²) >= 11 is 0. The van der Waals surface area contributed by atoms with Gasteiger partial charge in [0.05, 0.1) is 13.2 Å². The maximum Gasteiger partial charge on any atom is 0.221 e. The lowest BCUT2D eigenvalue weighted by molar-refractivity contribution is -0.118. The van der Waals surface area contributed by atoms with Crippen molar-refractivity contribution in [1.82, 2.24) is 0 Å². The van der Waals surface area contributed by atoms with Crippen molar-refractivity contribution in [2.24, 2.45) is 11.3 Å². The van der Waals surface area contributed by atoms with E-state index < -0.39 is 8.32 Å². The van der Waals surface area contributed by atoms with Gasteiger partial charge in [-0.15, -0.1) is 0 Å². The molecule has 0 amide bonds. The number of ether oxygens (including phenoxy) is 1. The summed E-state index contributed by atoms with van der Waals surface area (Å²) in [7, 11) is -0.659. The van der Waals surface area contributed by atoms with Crippen molar-refractivity contribution in [2.75, 3.05) is 7.11 Å². The van der Waals surface area contributed by atoms with Crippen LogP contribution in [0.4, 0.5) is 0 Å². The molecule has 1 unspecified atom stereocenters. The molecule has 2 rings (SSSR count). The molecule has 4 nitrogen and oxygen atoms in total. The minimum Gasteiger partial charge on any atom is -0.492 e. The number of hydrogen-bond acceptors (Lipinski definition) is 4. The highest BCUT2D eigenvalue weighted by molar-refractivity contribution is 6.74. The van der Waals surface area contributed by atoms with E-state index in [-0.39, 0.29) is 39.8 Å². The second kappa shape index (κ2) is 9.42. The number of ketones is 2. The highest BCUT2D eigenvalue weighted by atomic mass is 28.4. The first-order valence-electron chi connectivity index (χ1n) is 12.0. The number of rotatable bonds is 7. The molecule has 0 aliphatic heterocycles. The predicted molar refractivity (Wildman–Crippen MR) is 134 cm³/mol. The zero-order valence-electron chi connectivity index (χ0n) is 22.2. The van der Waals surface area contributed by atoms with Crippen LogP contribution >= 0.6 is 0 Å². The average Bonchev–Trinajstić information content (AvgIpc) is 2.61. The number of carbonyl (C=O) groups is 2. The van der Waals surface area contributed by atoms with Crippen LogP contribution in [0.2, 0.25) is 18.1 Å². The zero-order valence-corrected chi connectivity index (χ0v) is 23.2. The molecule has 0 aromatic carbocycles. The van der Waals surface area contributed by atoms with Crippen molar-refractivity contribution in [2.45, 2.75) is 105 Å². The molecule has 0 saturated carbocycles. The Morgan fingerprint density at radius 2 is 1.75 bits per heavy atom. The first-order chi connectivity index (χ1) is 14.5. The van der Waals surface area contributed by atoms with Gasteiger partial charge < -0.3 is 9.16 Å².